The summed E-state index contributed by atoms with van der Waals surface area (Å²) in [6.45, 7) is 4.06. The lowest BCUT2D eigenvalue weighted by Crippen LogP contribution is -2.39. The van der Waals surface area contributed by atoms with Gasteiger partial charge in [-0.3, -0.25) is 4.99 Å². The quantitative estimate of drug-likeness (QED) is 0.212. The fraction of sp³-hybridized carbons (Fsp3) is 0.350. The molecule has 29 heavy (non-hydrogen) atoms. The minimum atomic E-state index is -3.71. The van der Waals surface area contributed by atoms with Crippen molar-refractivity contribution in [2.24, 2.45) is 4.99 Å². The van der Waals surface area contributed by atoms with Crippen LogP contribution in [0.25, 0.3) is 0 Å². The predicted octanol–water partition coefficient (Wildman–Crippen LogP) is 2.99. The van der Waals surface area contributed by atoms with E-state index in [0.29, 0.717) is 32.3 Å². The highest BCUT2D eigenvalue weighted by Crippen LogP contribution is 2.14. The Bertz CT molecular complexity index is 864. The van der Waals surface area contributed by atoms with Gasteiger partial charge in [-0.25, -0.2) is 12.8 Å². The first-order valence-electron chi connectivity index (χ1n) is 9.14. The second kappa shape index (κ2) is 13.5. The van der Waals surface area contributed by atoms with E-state index in [-0.39, 0.29) is 41.2 Å². The minimum Gasteiger partial charge on any atom is -0.375 e. The molecule has 0 fully saturated rings. The summed E-state index contributed by atoms with van der Waals surface area (Å²) in [7, 11) is -3.71. The summed E-state index contributed by atoms with van der Waals surface area (Å²) < 4.78 is 43.8. The lowest BCUT2D eigenvalue weighted by Gasteiger charge is -2.12. The van der Waals surface area contributed by atoms with Gasteiger partial charge in [0.15, 0.2) is 15.8 Å². The third-order valence-electron chi connectivity index (χ3n) is 3.80. The zero-order chi connectivity index (χ0) is 20.2. The molecule has 0 saturated heterocycles. The molecule has 2 aromatic rings. The lowest BCUT2D eigenvalue weighted by atomic mass is 10.2. The van der Waals surface area contributed by atoms with Gasteiger partial charge in [-0.05, 0) is 24.6 Å². The van der Waals surface area contributed by atoms with Gasteiger partial charge in [0.2, 0.25) is 0 Å². The first-order valence-corrected chi connectivity index (χ1v) is 10.8. The fourth-order valence-corrected chi connectivity index (χ4v) is 3.68. The van der Waals surface area contributed by atoms with Crippen molar-refractivity contribution in [2.75, 3.05) is 32.0 Å². The maximum absolute atomic E-state index is 13.7. The number of rotatable bonds is 10. The number of sulfone groups is 1. The van der Waals surface area contributed by atoms with Crippen LogP contribution in [0.3, 0.4) is 0 Å². The monoisotopic (exact) mass is 535 g/mol. The average Bonchev–Trinajstić information content (AvgIpc) is 2.68. The van der Waals surface area contributed by atoms with Crippen LogP contribution in [-0.4, -0.2) is 46.4 Å². The Morgan fingerprint density at radius 3 is 2.45 bits per heavy atom. The number of hydrogen-bond donors (Lipinski definition) is 2. The van der Waals surface area contributed by atoms with E-state index in [9.17, 15) is 12.8 Å². The summed E-state index contributed by atoms with van der Waals surface area (Å²) in [5.41, 5.74) is 1.09. The number of halogens is 2. The number of nitrogens with zero attached hydrogens (tertiary/aromatic N) is 1. The number of benzene rings is 2. The molecular formula is C20H27FIN3O3S. The van der Waals surface area contributed by atoms with Crippen LogP contribution in [0.15, 0.2) is 64.5 Å². The van der Waals surface area contributed by atoms with E-state index in [2.05, 4.69) is 15.6 Å². The molecule has 0 aliphatic heterocycles. The van der Waals surface area contributed by atoms with Crippen LogP contribution in [0.4, 0.5) is 4.39 Å². The van der Waals surface area contributed by atoms with Gasteiger partial charge in [-0.2, -0.15) is 0 Å². The minimum absolute atomic E-state index is 0. The van der Waals surface area contributed by atoms with Gasteiger partial charge in [-0.1, -0.05) is 42.5 Å². The summed E-state index contributed by atoms with van der Waals surface area (Å²) in [4.78, 5) is 4.07. The van der Waals surface area contributed by atoms with Crippen LogP contribution < -0.4 is 10.6 Å². The van der Waals surface area contributed by atoms with E-state index < -0.39 is 15.7 Å². The summed E-state index contributed by atoms with van der Waals surface area (Å²) in [6.07, 6.45) is 0. The molecule has 0 bridgehead atoms. The number of ether oxygens (including phenoxy) is 1. The van der Waals surface area contributed by atoms with Crippen molar-refractivity contribution in [1.82, 2.24) is 10.6 Å². The molecule has 9 heteroatoms. The van der Waals surface area contributed by atoms with Crippen LogP contribution >= 0.6 is 24.0 Å². The Morgan fingerprint density at radius 1 is 1.07 bits per heavy atom. The van der Waals surface area contributed by atoms with Crippen molar-refractivity contribution in [3.8, 4) is 0 Å². The third kappa shape index (κ3) is 9.09. The Morgan fingerprint density at radius 2 is 1.76 bits per heavy atom. The van der Waals surface area contributed by atoms with Gasteiger partial charge in [-0.15, -0.1) is 24.0 Å². The van der Waals surface area contributed by atoms with Gasteiger partial charge < -0.3 is 15.4 Å². The summed E-state index contributed by atoms with van der Waals surface area (Å²) in [5, 5.41) is 6.00. The van der Waals surface area contributed by atoms with Gasteiger partial charge in [0.25, 0.3) is 0 Å². The van der Waals surface area contributed by atoms with Crippen molar-refractivity contribution in [1.29, 1.82) is 0 Å². The zero-order valence-electron chi connectivity index (χ0n) is 16.3. The Labute approximate surface area is 188 Å². The lowest BCUT2D eigenvalue weighted by molar-refractivity contribution is 0.128. The Hall–Kier alpha value is -1.72. The molecule has 2 aromatic carbocycles. The van der Waals surface area contributed by atoms with Gasteiger partial charge in [0.1, 0.15) is 10.7 Å². The smallest absolute Gasteiger partial charge is 0.191 e. The molecule has 0 aliphatic rings. The number of aliphatic imine (C=N–C) groups is 1. The van der Waals surface area contributed by atoms with Gasteiger partial charge >= 0.3 is 0 Å². The van der Waals surface area contributed by atoms with Crippen molar-refractivity contribution in [3.05, 3.63) is 66.0 Å². The van der Waals surface area contributed by atoms with Crippen LogP contribution in [-0.2, 0) is 21.2 Å². The maximum Gasteiger partial charge on any atom is 0.191 e. The first kappa shape index (κ1) is 25.3. The molecular weight excluding hydrogens is 508 g/mol. The molecule has 0 saturated carbocycles. The standard InChI is InChI=1S/C20H26FN3O3S.HI/c1-2-22-20(23-12-14-27-16-17-8-4-3-5-9-17)24-13-15-28(25,26)19-11-7-6-10-18(19)21;/h3-11H,2,12-16H2,1H3,(H2,22,23,24);1H. The van der Waals surface area contributed by atoms with E-state index in [1.165, 1.54) is 18.2 Å². The molecule has 0 radical (unpaired) electrons. The van der Waals surface area contributed by atoms with Crippen LogP contribution in [0, 0.1) is 5.82 Å². The molecule has 0 aliphatic carbocycles. The summed E-state index contributed by atoms with van der Waals surface area (Å²) in [6, 6.07) is 15.2. The fourth-order valence-electron chi connectivity index (χ4n) is 2.44. The molecule has 2 N–H and O–H groups in total. The van der Waals surface area contributed by atoms with Crippen molar-refractivity contribution >= 4 is 39.8 Å². The van der Waals surface area contributed by atoms with Crippen LogP contribution in [0.5, 0.6) is 0 Å². The molecule has 160 valence electrons. The SMILES string of the molecule is CCNC(=NCCOCc1ccccc1)NCCS(=O)(=O)c1ccccc1F.I. The summed E-state index contributed by atoms with van der Waals surface area (Å²) >= 11 is 0. The Balaban J connectivity index is 0.00000420. The highest BCUT2D eigenvalue weighted by atomic mass is 127. The predicted molar refractivity (Wildman–Crippen MR) is 124 cm³/mol. The molecule has 0 heterocycles. The summed E-state index contributed by atoms with van der Waals surface area (Å²) in [5.74, 6) is -0.476. The van der Waals surface area contributed by atoms with Gasteiger partial charge in [0, 0.05) is 13.1 Å². The van der Waals surface area contributed by atoms with E-state index in [1.54, 1.807) is 0 Å². The average molecular weight is 535 g/mol. The van der Waals surface area contributed by atoms with Gasteiger partial charge in [0.05, 0.1) is 25.5 Å². The topological polar surface area (TPSA) is 79.8 Å². The Kier molecular flexibility index (Phi) is 11.8. The highest BCUT2D eigenvalue weighted by Gasteiger charge is 2.18. The molecule has 0 unspecified atom stereocenters. The molecule has 0 amide bonds. The first-order chi connectivity index (χ1) is 13.5. The second-order valence-electron chi connectivity index (χ2n) is 5.97. The number of nitrogens with one attached hydrogen (secondary N) is 2. The normalized spacial score (nSPS) is 11.6. The van der Waals surface area contributed by atoms with Crippen molar-refractivity contribution < 1.29 is 17.5 Å². The maximum atomic E-state index is 13.7. The van der Waals surface area contributed by atoms with Crippen molar-refractivity contribution in [3.63, 3.8) is 0 Å². The van der Waals surface area contributed by atoms with Crippen LogP contribution in [0.1, 0.15) is 12.5 Å². The second-order valence-corrected chi connectivity index (χ2v) is 8.05. The largest absolute Gasteiger partial charge is 0.375 e. The van der Waals surface area contributed by atoms with E-state index >= 15 is 0 Å². The van der Waals surface area contributed by atoms with Crippen molar-refractivity contribution in [2.45, 2.75) is 18.4 Å². The third-order valence-corrected chi connectivity index (χ3v) is 5.54. The molecule has 2 rings (SSSR count). The van der Waals surface area contributed by atoms with E-state index in [4.69, 9.17) is 4.74 Å². The number of hydrogen-bond acceptors (Lipinski definition) is 4. The molecule has 0 spiro atoms. The molecule has 0 atom stereocenters. The highest BCUT2D eigenvalue weighted by molar-refractivity contribution is 14.0. The van der Waals surface area contributed by atoms with E-state index in [0.717, 1.165) is 11.6 Å². The number of guanidine groups is 1. The van der Waals surface area contributed by atoms with Crippen LogP contribution in [0.2, 0.25) is 0 Å². The molecule has 6 nitrogen and oxygen atoms in total. The zero-order valence-corrected chi connectivity index (χ0v) is 19.5. The van der Waals surface area contributed by atoms with E-state index in [1.807, 2.05) is 37.3 Å². The molecule has 0 aromatic heterocycles.